The molecule has 0 aromatic heterocycles. The van der Waals surface area contributed by atoms with E-state index in [9.17, 15) is 18.0 Å². The molecule has 0 spiro atoms. The number of hydrogen-bond donors (Lipinski definition) is 2. The number of hydrogen-bond acceptors (Lipinski definition) is 1. The summed E-state index contributed by atoms with van der Waals surface area (Å²) in [5.41, 5.74) is 0. The monoisotopic (exact) mass is 238 g/mol. The van der Waals surface area contributed by atoms with Crippen molar-refractivity contribution in [2.45, 2.75) is 38.9 Å². The Hall–Kier alpha value is -1.20. The first-order valence-corrected chi connectivity index (χ1v) is 5.23. The van der Waals surface area contributed by atoms with Gasteiger partial charge in [0.15, 0.2) is 0 Å². The number of alkyl halides is 3. The van der Waals surface area contributed by atoms with Gasteiger partial charge in [-0.3, -0.25) is 0 Å². The molecule has 2 N–H and O–H groups in total. The van der Waals surface area contributed by atoms with Gasteiger partial charge in [-0.05, 0) is 12.8 Å². The average Bonchev–Trinajstić information content (AvgIpc) is 2.13. The van der Waals surface area contributed by atoms with Crippen LogP contribution in [0.3, 0.4) is 0 Å². The van der Waals surface area contributed by atoms with Crippen LogP contribution in [0.5, 0.6) is 0 Å². The normalized spacial score (nSPS) is 11.8. The number of unbranched alkanes of at least 4 members (excludes halogenated alkanes) is 3. The van der Waals surface area contributed by atoms with Gasteiger partial charge in [0, 0.05) is 6.54 Å². The molecule has 0 aliphatic carbocycles. The van der Waals surface area contributed by atoms with E-state index in [4.69, 9.17) is 0 Å². The topological polar surface area (TPSA) is 41.1 Å². The van der Waals surface area contributed by atoms with Crippen molar-refractivity contribution in [2.75, 3.05) is 6.54 Å². The molecule has 0 aromatic carbocycles. The summed E-state index contributed by atoms with van der Waals surface area (Å²) in [6, 6.07) is -1.23. The van der Waals surface area contributed by atoms with E-state index in [-0.39, 0.29) is 6.54 Å². The number of urea groups is 1. The van der Waals surface area contributed by atoms with Crippen LogP contribution in [0.4, 0.5) is 18.0 Å². The Morgan fingerprint density at radius 3 is 2.50 bits per heavy atom. The Morgan fingerprint density at radius 1 is 1.25 bits per heavy atom. The van der Waals surface area contributed by atoms with E-state index >= 15 is 0 Å². The van der Waals surface area contributed by atoms with Crippen molar-refractivity contribution < 1.29 is 18.0 Å². The van der Waals surface area contributed by atoms with Crippen LogP contribution < -0.4 is 10.6 Å². The summed E-state index contributed by atoms with van der Waals surface area (Å²) in [7, 11) is 0. The summed E-state index contributed by atoms with van der Waals surface area (Å²) in [4.78, 5) is 10.6. The minimum Gasteiger partial charge on any atom is -0.334 e. The maximum atomic E-state index is 11.6. The SMILES string of the molecule is CCCCCC=CCNC(=O)NC(F)(F)F. The molecular formula is C10H17F3N2O. The molecule has 0 saturated carbocycles. The molecule has 0 aliphatic heterocycles. The van der Waals surface area contributed by atoms with Gasteiger partial charge >= 0.3 is 12.3 Å². The fraction of sp³-hybridized carbons (Fsp3) is 0.700. The van der Waals surface area contributed by atoms with Crippen LogP contribution in [0.1, 0.15) is 32.6 Å². The lowest BCUT2D eigenvalue weighted by Gasteiger charge is -2.08. The minimum atomic E-state index is -4.67. The lowest BCUT2D eigenvalue weighted by Crippen LogP contribution is -2.44. The molecule has 0 fully saturated rings. The maximum Gasteiger partial charge on any atom is 0.485 e. The van der Waals surface area contributed by atoms with E-state index < -0.39 is 12.3 Å². The molecule has 6 heteroatoms. The predicted octanol–water partition coefficient (Wildman–Crippen LogP) is 2.94. The van der Waals surface area contributed by atoms with Crippen LogP contribution in [0, 0.1) is 0 Å². The standard InChI is InChI=1S/C10H17F3N2O/c1-2-3-4-5-6-7-8-14-9(16)15-10(11,12)13/h6-7H,2-5,8H2,1H3,(H2,14,15,16). The molecule has 0 aromatic rings. The van der Waals surface area contributed by atoms with E-state index in [1.54, 1.807) is 6.08 Å². The van der Waals surface area contributed by atoms with Gasteiger partial charge in [-0.2, -0.15) is 13.2 Å². The maximum absolute atomic E-state index is 11.6. The fourth-order valence-corrected chi connectivity index (χ4v) is 1.04. The average molecular weight is 238 g/mol. The van der Waals surface area contributed by atoms with Crippen LogP contribution >= 0.6 is 0 Å². The highest BCUT2D eigenvalue weighted by Crippen LogP contribution is 2.08. The molecule has 0 bridgehead atoms. The number of rotatable bonds is 6. The minimum absolute atomic E-state index is 0.105. The zero-order chi connectivity index (χ0) is 12.4. The fourth-order valence-electron chi connectivity index (χ4n) is 1.04. The number of carbonyl (C=O) groups is 1. The van der Waals surface area contributed by atoms with E-state index in [1.165, 1.54) is 0 Å². The molecule has 16 heavy (non-hydrogen) atoms. The van der Waals surface area contributed by atoms with Gasteiger partial charge in [-0.15, -0.1) is 0 Å². The molecule has 0 heterocycles. The first kappa shape index (κ1) is 14.8. The summed E-state index contributed by atoms with van der Waals surface area (Å²) >= 11 is 0. The Bertz CT molecular complexity index is 227. The van der Waals surface area contributed by atoms with Gasteiger partial charge in [0.05, 0.1) is 0 Å². The van der Waals surface area contributed by atoms with Gasteiger partial charge < -0.3 is 5.32 Å². The van der Waals surface area contributed by atoms with Crippen molar-refractivity contribution in [1.29, 1.82) is 0 Å². The van der Waals surface area contributed by atoms with Gasteiger partial charge in [-0.25, -0.2) is 10.1 Å². The molecule has 94 valence electrons. The summed E-state index contributed by atoms with van der Waals surface area (Å²) in [6.07, 6.45) is 3.02. The Kier molecular flexibility index (Phi) is 7.41. The third-order valence-corrected chi connectivity index (χ3v) is 1.78. The molecule has 0 rings (SSSR count). The highest BCUT2D eigenvalue weighted by Gasteiger charge is 2.29. The predicted molar refractivity (Wildman–Crippen MR) is 55.9 cm³/mol. The molecule has 3 nitrogen and oxygen atoms in total. The number of halogens is 3. The van der Waals surface area contributed by atoms with Crippen molar-refractivity contribution >= 4 is 6.03 Å². The van der Waals surface area contributed by atoms with Crippen molar-refractivity contribution in [3.63, 3.8) is 0 Å². The summed E-state index contributed by atoms with van der Waals surface area (Å²) < 4.78 is 34.9. The highest BCUT2D eigenvalue weighted by molar-refractivity contribution is 5.74. The van der Waals surface area contributed by atoms with E-state index in [0.29, 0.717) is 0 Å². The lowest BCUT2D eigenvalue weighted by atomic mass is 10.2. The zero-order valence-electron chi connectivity index (χ0n) is 9.23. The molecule has 0 atom stereocenters. The van der Waals surface area contributed by atoms with Gasteiger partial charge in [0.1, 0.15) is 0 Å². The third kappa shape index (κ3) is 10.9. The largest absolute Gasteiger partial charge is 0.485 e. The Balaban J connectivity index is 3.47. The first-order chi connectivity index (χ1) is 7.45. The van der Waals surface area contributed by atoms with Crippen LogP contribution in [0.2, 0.25) is 0 Å². The summed E-state index contributed by atoms with van der Waals surface area (Å²) in [5, 5.41) is 2.92. The number of allylic oxidation sites excluding steroid dienone is 1. The molecule has 0 saturated heterocycles. The molecule has 0 unspecified atom stereocenters. The summed E-state index contributed by atoms with van der Waals surface area (Å²) in [6.45, 7) is 2.20. The van der Waals surface area contributed by atoms with Crippen LogP contribution in [0.25, 0.3) is 0 Å². The van der Waals surface area contributed by atoms with Crippen molar-refractivity contribution in [3.05, 3.63) is 12.2 Å². The number of nitrogens with one attached hydrogen (secondary N) is 2. The molecule has 0 radical (unpaired) electrons. The molecule has 0 aliphatic rings. The van der Waals surface area contributed by atoms with Crippen molar-refractivity contribution in [1.82, 2.24) is 10.6 Å². The quantitative estimate of drug-likeness (QED) is 0.417. The number of amides is 2. The highest BCUT2D eigenvalue weighted by atomic mass is 19.4. The third-order valence-electron chi connectivity index (χ3n) is 1.78. The van der Waals surface area contributed by atoms with Crippen molar-refractivity contribution in [2.24, 2.45) is 0 Å². The summed E-state index contributed by atoms with van der Waals surface area (Å²) in [5.74, 6) is 0. The van der Waals surface area contributed by atoms with Crippen LogP contribution in [0.15, 0.2) is 12.2 Å². The molecule has 2 amide bonds. The van der Waals surface area contributed by atoms with Crippen molar-refractivity contribution in [3.8, 4) is 0 Å². The smallest absolute Gasteiger partial charge is 0.334 e. The second kappa shape index (κ2) is 8.01. The lowest BCUT2D eigenvalue weighted by molar-refractivity contribution is -0.145. The van der Waals surface area contributed by atoms with Crippen LogP contribution in [-0.2, 0) is 0 Å². The second-order valence-corrected chi connectivity index (χ2v) is 3.30. The van der Waals surface area contributed by atoms with Gasteiger partial charge in [-0.1, -0.05) is 31.9 Å². The Labute approximate surface area is 93.1 Å². The first-order valence-electron chi connectivity index (χ1n) is 5.23. The molecular weight excluding hydrogens is 221 g/mol. The second-order valence-electron chi connectivity index (χ2n) is 3.30. The van der Waals surface area contributed by atoms with E-state index in [2.05, 4.69) is 12.2 Å². The Morgan fingerprint density at radius 2 is 1.94 bits per heavy atom. The number of carbonyl (C=O) groups excluding carboxylic acids is 1. The van der Waals surface area contributed by atoms with Gasteiger partial charge in [0.25, 0.3) is 0 Å². The zero-order valence-corrected chi connectivity index (χ0v) is 9.23. The van der Waals surface area contributed by atoms with E-state index in [0.717, 1.165) is 31.0 Å². The van der Waals surface area contributed by atoms with Gasteiger partial charge in [0.2, 0.25) is 0 Å². The van der Waals surface area contributed by atoms with Crippen LogP contribution in [-0.4, -0.2) is 18.9 Å². The van der Waals surface area contributed by atoms with E-state index in [1.807, 2.05) is 6.08 Å².